The summed E-state index contributed by atoms with van der Waals surface area (Å²) in [6, 6.07) is 9.71. The summed E-state index contributed by atoms with van der Waals surface area (Å²) in [5.41, 5.74) is 1.01. The number of allylic oxidation sites excluding steroid dienone is 1. The topological polar surface area (TPSA) is 26.3 Å². The van der Waals surface area contributed by atoms with Crippen LogP contribution in [0.1, 0.15) is 38.7 Å². The van der Waals surface area contributed by atoms with Crippen molar-refractivity contribution >= 4 is 5.97 Å². The largest absolute Gasteiger partial charge is 0.458 e. The van der Waals surface area contributed by atoms with Gasteiger partial charge in [0.2, 0.25) is 0 Å². The summed E-state index contributed by atoms with van der Waals surface area (Å²) in [6.07, 6.45) is 6.72. The van der Waals surface area contributed by atoms with Gasteiger partial charge >= 0.3 is 5.97 Å². The van der Waals surface area contributed by atoms with E-state index in [9.17, 15) is 4.79 Å². The predicted molar refractivity (Wildman–Crippen MR) is 74.1 cm³/mol. The summed E-state index contributed by atoms with van der Waals surface area (Å²) in [7, 11) is 0. The molecule has 18 heavy (non-hydrogen) atoms. The summed E-state index contributed by atoms with van der Waals surface area (Å²) < 4.78 is 5.15. The molecular weight excluding hydrogens is 224 g/mol. The lowest BCUT2D eigenvalue weighted by atomic mass is 9.99. The Bertz CT molecular complexity index is 364. The van der Waals surface area contributed by atoms with E-state index in [4.69, 9.17) is 4.74 Å². The molecule has 0 atom stereocenters. The molecule has 0 radical (unpaired) electrons. The number of carbonyl (C=O) groups excluding carboxylic acids is 1. The van der Waals surface area contributed by atoms with Crippen LogP contribution in [-0.4, -0.2) is 5.97 Å². The van der Waals surface area contributed by atoms with Crippen LogP contribution in [-0.2, 0) is 16.1 Å². The quantitative estimate of drug-likeness (QED) is 0.534. The van der Waals surface area contributed by atoms with Gasteiger partial charge in [-0.25, -0.2) is 4.79 Å². The summed E-state index contributed by atoms with van der Waals surface area (Å²) >= 11 is 0. The number of rotatable bonds is 7. The lowest BCUT2D eigenvalue weighted by Gasteiger charge is -2.07. The molecule has 0 unspecified atom stereocenters. The molecule has 1 aromatic carbocycles. The maximum Gasteiger partial charge on any atom is 0.330 e. The average molecular weight is 246 g/mol. The lowest BCUT2D eigenvalue weighted by Crippen LogP contribution is -2.01. The highest BCUT2D eigenvalue weighted by molar-refractivity contribution is 5.81. The molecule has 0 N–H and O–H groups in total. The van der Waals surface area contributed by atoms with Crippen molar-refractivity contribution in [3.05, 3.63) is 48.0 Å². The molecule has 0 spiro atoms. The molecule has 0 heterocycles. The summed E-state index contributed by atoms with van der Waals surface area (Å²) in [5.74, 6) is 0.410. The van der Waals surface area contributed by atoms with Gasteiger partial charge in [-0.15, -0.1) is 0 Å². The minimum atomic E-state index is -0.259. The van der Waals surface area contributed by atoms with Crippen molar-refractivity contribution in [2.75, 3.05) is 0 Å². The zero-order valence-corrected chi connectivity index (χ0v) is 11.3. The van der Waals surface area contributed by atoms with E-state index >= 15 is 0 Å². The minimum absolute atomic E-state index is 0.259. The summed E-state index contributed by atoms with van der Waals surface area (Å²) in [4.78, 5) is 11.5. The molecule has 0 aliphatic carbocycles. The Labute approximate surface area is 110 Å². The fraction of sp³-hybridized carbons (Fsp3) is 0.438. The van der Waals surface area contributed by atoms with Crippen LogP contribution in [0.3, 0.4) is 0 Å². The third-order valence-corrected chi connectivity index (χ3v) is 3.10. The number of benzene rings is 1. The highest BCUT2D eigenvalue weighted by Gasteiger charge is 2.01. The van der Waals surface area contributed by atoms with E-state index in [0.29, 0.717) is 12.5 Å². The van der Waals surface area contributed by atoms with Crippen LogP contribution in [0, 0.1) is 5.92 Å². The van der Waals surface area contributed by atoms with Gasteiger partial charge in [0, 0.05) is 6.08 Å². The van der Waals surface area contributed by atoms with Crippen LogP contribution in [0.5, 0.6) is 0 Å². The van der Waals surface area contributed by atoms with Crippen LogP contribution in [0.4, 0.5) is 0 Å². The van der Waals surface area contributed by atoms with Crippen LogP contribution >= 0.6 is 0 Å². The monoisotopic (exact) mass is 246 g/mol. The molecular formula is C16H22O2. The van der Waals surface area contributed by atoms with Crippen LogP contribution in [0.15, 0.2) is 42.5 Å². The number of hydrogen-bond acceptors (Lipinski definition) is 2. The molecule has 1 aromatic rings. The van der Waals surface area contributed by atoms with Gasteiger partial charge in [0.1, 0.15) is 6.61 Å². The second-order valence-electron chi connectivity index (χ2n) is 4.41. The van der Waals surface area contributed by atoms with Crippen molar-refractivity contribution in [2.45, 2.75) is 39.7 Å². The molecule has 2 nitrogen and oxygen atoms in total. The zero-order valence-electron chi connectivity index (χ0n) is 11.3. The summed E-state index contributed by atoms with van der Waals surface area (Å²) in [5, 5.41) is 0. The van der Waals surface area contributed by atoms with E-state index in [0.717, 1.165) is 24.8 Å². The first-order valence-electron chi connectivity index (χ1n) is 6.63. The molecule has 1 rings (SSSR count). The van der Waals surface area contributed by atoms with Crippen LogP contribution in [0.25, 0.3) is 0 Å². The van der Waals surface area contributed by atoms with E-state index < -0.39 is 0 Å². The highest BCUT2D eigenvalue weighted by atomic mass is 16.5. The molecule has 0 fully saturated rings. The number of esters is 1. The van der Waals surface area contributed by atoms with Crippen molar-refractivity contribution < 1.29 is 9.53 Å². The normalized spacial score (nSPS) is 11.1. The van der Waals surface area contributed by atoms with Crippen molar-refractivity contribution in [1.29, 1.82) is 0 Å². The van der Waals surface area contributed by atoms with Gasteiger partial charge in [0.15, 0.2) is 0 Å². The van der Waals surface area contributed by atoms with Gasteiger partial charge in [-0.1, -0.05) is 63.1 Å². The molecule has 0 amide bonds. The van der Waals surface area contributed by atoms with E-state index in [1.54, 1.807) is 6.08 Å². The van der Waals surface area contributed by atoms with Gasteiger partial charge in [-0.2, -0.15) is 0 Å². The Morgan fingerprint density at radius 2 is 1.89 bits per heavy atom. The van der Waals surface area contributed by atoms with Crippen molar-refractivity contribution in [3.8, 4) is 0 Å². The predicted octanol–water partition coefficient (Wildman–Crippen LogP) is 4.11. The Kier molecular flexibility index (Phi) is 6.85. The highest BCUT2D eigenvalue weighted by Crippen LogP contribution is 2.12. The van der Waals surface area contributed by atoms with E-state index in [2.05, 4.69) is 13.8 Å². The molecule has 0 aliphatic heterocycles. The number of hydrogen-bond donors (Lipinski definition) is 0. The van der Waals surface area contributed by atoms with Gasteiger partial charge < -0.3 is 4.74 Å². The van der Waals surface area contributed by atoms with Crippen molar-refractivity contribution in [3.63, 3.8) is 0 Å². The van der Waals surface area contributed by atoms with E-state index in [1.165, 1.54) is 0 Å². The average Bonchev–Trinajstić information content (AvgIpc) is 2.42. The van der Waals surface area contributed by atoms with Gasteiger partial charge in [0.25, 0.3) is 0 Å². The van der Waals surface area contributed by atoms with Crippen molar-refractivity contribution in [2.24, 2.45) is 5.92 Å². The second kappa shape index (κ2) is 8.51. The van der Waals surface area contributed by atoms with Crippen LogP contribution in [0.2, 0.25) is 0 Å². The van der Waals surface area contributed by atoms with E-state index in [-0.39, 0.29) is 5.97 Å². The molecule has 0 bridgehead atoms. The van der Waals surface area contributed by atoms with Gasteiger partial charge in [-0.3, -0.25) is 0 Å². The molecule has 2 heteroatoms. The third-order valence-electron chi connectivity index (χ3n) is 3.10. The van der Waals surface area contributed by atoms with E-state index in [1.807, 2.05) is 36.4 Å². The van der Waals surface area contributed by atoms with Gasteiger partial charge in [0.05, 0.1) is 0 Å². The Hall–Kier alpha value is -1.57. The second-order valence-corrected chi connectivity index (χ2v) is 4.41. The smallest absolute Gasteiger partial charge is 0.330 e. The fourth-order valence-corrected chi connectivity index (χ4v) is 1.76. The maximum absolute atomic E-state index is 11.5. The lowest BCUT2D eigenvalue weighted by molar-refractivity contribution is -0.139. The van der Waals surface area contributed by atoms with Crippen LogP contribution < -0.4 is 0 Å². The molecule has 0 aliphatic rings. The number of carbonyl (C=O) groups is 1. The molecule has 0 saturated heterocycles. The zero-order chi connectivity index (χ0) is 13.2. The fourth-order valence-electron chi connectivity index (χ4n) is 1.76. The third kappa shape index (κ3) is 5.67. The number of ether oxygens (including phenoxy) is 1. The molecule has 98 valence electrons. The van der Waals surface area contributed by atoms with Crippen molar-refractivity contribution in [1.82, 2.24) is 0 Å². The standard InChI is InChI=1S/C16H22O2/c1-3-14(4-2)11-8-12-16(17)18-13-15-9-6-5-7-10-15/h5-10,12,14H,3-4,11,13H2,1-2H3/b12-8+. The maximum atomic E-state index is 11.5. The van der Waals surface area contributed by atoms with Gasteiger partial charge in [-0.05, 0) is 17.9 Å². The first-order valence-corrected chi connectivity index (χ1v) is 6.63. The SMILES string of the molecule is CCC(CC)C/C=C/C(=O)OCc1ccccc1. The Morgan fingerprint density at radius 3 is 2.50 bits per heavy atom. The Balaban J connectivity index is 2.27. The Morgan fingerprint density at radius 1 is 1.22 bits per heavy atom. The minimum Gasteiger partial charge on any atom is -0.458 e. The molecule has 0 aromatic heterocycles. The first-order chi connectivity index (χ1) is 8.76. The molecule has 0 saturated carbocycles. The summed E-state index contributed by atoms with van der Waals surface area (Å²) in [6.45, 7) is 4.69. The first kappa shape index (κ1) is 14.5.